The molecule has 4 nitrogen and oxygen atoms in total. The Hall–Kier alpha value is -1.66. The van der Waals surface area contributed by atoms with Crippen molar-refractivity contribution >= 4 is 60.2 Å². The standard InChI is InChI=1S/C15H12Br2N4/c1-18-15-19-12-8-3-2-5-9(12)14(21-15)20-13-10(16)6-4-7-11(13)17/h2-8H,1H3,(H2,18,19,20,21). The molecule has 0 aliphatic heterocycles. The van der Waals surface area contributed by atoms with Crippen LogP contribution in [0.4, 0.5) is 17.5 Å². The highest BCUT2D eigenvalue weighted by Crippen LogP contribution is 2.34. The summed E-state index contributed by atoms with van der Waals surface area (Å²) in [7, 11) is 1.81. The van der Waals surface area contributed by atoms with E-state index in [0.29, 0.717) is 5.95 Å². The van der Waals surface area contributed by atoms with Crippen LogP contribution in [0.1, 0.15) is 0 Å². The zero-order chi connectivity index (χ0) is 14.8. The molecule has 21 heavy (non-hydrogen) atoms. The van der Waals surface area contributed by atoms with Gasteiger partial charge in [0.15, 0.2) is 0 Å². The summed E-state index contributed by atoms with van der Waals surface area (Å²) in [4.78, 5) is 8.98. The van der Waals surface area contributed by atoms with Crippen LogP contribution >= 0.6 is 31.9 Å². The van der Waals surface area contributed by atoms with Gasteiger partial charge in [0, 0.05) is 21.4 Å². The Kier molecular flexibility index (Phi) is 4.07. The largest absolute Gasteiger partial charge is 0.357 e. The first-order chi connectivity index (χ1) is 10.2. The highest BCUT2D eigenvalue weighted by molar-refractivity contribution is 9.11. The van der Waals surface area contributed by atoms with Crippen LogP contribution in [-0.2, 0) is 0 Å². The molecule has 0 saturated carbocycles. The Morgan fingerprint density at radius 3 is 2.33 bits per heavy atom. The number of anilines is 3. The zero-order valence-electron chi connectivity index (χ0n) is 11.2. The summed E-state index contributed by atoms with van der Waals surface area (Å²) in [5.41, 5.74) is 1.82. The fourth-order valence-corrected chi connectivity index (χ4v) is 3.22. The predicted octanol–water partition coefficient (Wildman–Crippen LogP) is 4.94. The molecule has 0 aliphatic rings. The summed E-state index contributed by atoms with van der Waals surface area (Å²) in [5.74, 6) is 1.34. The van der Waals surface area contributed by atoms with Gasteiger partial charge in [-0.2, -0.15) is 4.98 Å². The molecule has 2 aromatic carbocycles. The molecule has 0 spiro atoms. The number of nitrogens with zero attached hydrogens (tertiary/aromatic N) is 2. The number of para-hydroxylation sites is 2. The predicted molar refractivity (Wildman–Crippen MR) is 94.2 cm³/mol. The summed E-state index contributed by atoms with van der Waals surface area (Å²) in [6.45, 7) is 0. The second kappa shape index (κ2) is 5.99. The molecule has 6 heteroatoms. The fourth-order valence-electron chi connectivity index (χ4n) is 2.02. The van der Waals surface area contributed by atoms with E-state index in [1.54, 1.807) is 0 Å². The van der Waals surface area contributed by atoms with E-state index in [4.69, 9.17) is 0 Å². The Morgan fingerprint density at radius 1 is 0.905 bits per heavy atom. The number of benzene rings is 2. The van der Waals surface area contributed by atoms with Crippen molar-refractivity contribution in [2.24, 2.45) is 0 Å². The van der Waals surface area contributed by atoms with Crippen LogP contribution in [0, 0.1) is 0 Å². The number of rotatable bonds is 3. The molecule has 3 aromatic rings. The van der Waals surface area contributed by atoms with Gasteiger partial charge in [0.25, 0.3) is 0 Å². The molecule has 0 fully saturated rings. The van der Waals surface area contributed by atoms with E-state index in [1.807, 2.05) is 49.5 Å². The Bertz CT molecular complexity index is 785. The Balaban J connectivity index is 2.16. The highest BCUT2D eigenvalue weighted by atomic mass is 79.9. The number of fused-ring (bicyclic) bond motifs is 1. The van der Waals surface area contributed by atoms with Crippen LogP contribution in [0.5, 0.6) is 0 Å². The van der Waals surface area contributed by atoms with Gasteiger partial charge in [-0.3, -0.25) is 0 Å². The zero-order valence-corrected chi connectivity index (χ0v) is 14.4. The van der Waals surface area contributed by atoms with E-state index in [2.05, 4.69) is 52.5 Å². The van der Waals surface area contributed by atoms with Crippen molar-refractivity contribution < 1.29 is 0 Å². The van der Waals surface area contributed by atoms with Gasteiger partial charge in [-0.1, -0.05) is 18.2 Å². The van der Waals surface area contributed by atoms with Gasteiger partial charge in [0.1, 0.15) is 5.82 Å². The van der Waals surface area contributed by atoms with E-state index in [0.717, 1.165) is 31.4 Å². The van der Waals surface area contributed by atoms with Crippen LogP contribution in [0.2, 0.25) is 0 Å². The second-order valence-corrected chi connectivity index (χ2v) is 6.09. The maximum Gasteiger partial charge on any atom is 0.224 e. The molecule has 0 aliphatic carbocycles. The molecule has 0 unspecified atom stereocenters. The second-order valence-electron chi connectivity index (χ2n) is 4.38. The third kappa shape index (κ3) is 2.87. The molecule has 1 aromatic heterocycles. The first kappa shape index (κ1) is 14.3. The third-order valence-corrected chi connectivity index (χ3v) is 4.35. The normalized spacial score (nSPS) is 10.6. The minimum absolute atomic E-state index is 0.583. The topological polar surface area (TPSA) is 49.8 Å². The molecular weight excluding hydrogens is 396 g/mol. The number of nitrogens with one attached hydrogen (secondary N) is 2. The number of halogens is 2. The molecule has 106 valence electrons. The molecule has 2 N–H and O–H groups in total. The lowest BCUT2D eigenvalue weighted by molar-refractivity contribution is 1.19. The summed E-state index contributed by atoms with van der Waals surface area (Å²) in [5, 5.41) is 7.33. The van der Waals surface area contributed by atoms with Gasteiger partial charge in [-0.25, -0.2) is 4.98 Å². The van der Waals surface area contributed by atoms with Gasteiger partial charge in [0.2, 0.25) is 5.95 Å². The maximum atomic E-state index is 4.52. The smallest absolute Gasteiger partial charge is 0.224 e. The van der Waals surface area contributed by atoms with Crippen molar-refractivity contribution in [1.29, 1.82) is 0 Å². The first-order valence-corrected chi connectivity index (χ1v) is 7.93. The van der Waals surface area contributed by atoms with Crippen LogP contribution in [0.3, 0.4) is 0 Å². The monoisotopic (exact) mass is 406 g/mol. The SMILES string of the molecule is CNc1nc(Nc2c(Br)cccc2Br)c2ccccc2n1. The minimum Gasteiger partial charge on any atom is -0.357 e. The lowest BCUT2D eigenvalue weighted by atomic mass is 10.2. The van der Waals surface area contributed by atoms with Crippen LogP contribution in [-0.4, -0.2) is 17.0 Å². The lowest BCUT2D eigenvalue weighted by Crippen LogP contribution is -2.02. The summed E-state index contributed by atoms with van der Waals surface area (Å²) in [6, 6.07) is 13.8. The van der Waals surface area contributed by atoms with Crippen molar-refractivity contribution in [1.82, 2.24) is 9.97 Å². The maximum absolute atomic E-state index is 4.52. The molecular formula is C15H12Br2N4. The molecule has 0 saturated heterocycles. The number of aromatic nitrogens is 2. The molecule has 0 bridgehead atoms. The van der Waals surface area contributed by atoms with Crippen molar-refractivity contribution in [3.05, 3.63) is 51.4 Å². The molecule has 3 rings (SSSR count). The van der Waals surface area contributed by atoms with E-state index in [9.17, 15) is 0 Å². The van der Waals surface area contributed by atoms with Gasteiger partial charge in [-0.05, 0) is 56.1 Å². The van der Waals surface area contributed by atoms with Crippen LogP contribution in [0.25, 0.3) is 10.9 Å². The van der Waals surface area contributed by atoms with Gasteiger partial charge < -0.3 is 10.6 Å². The minimum atomic E-state index is 0.583. The molecule has 0 atom stereocenters. The van der Waals surface area contributed by atoms with Crippen molar-refractivity contribution in [2.45, 2.75) is 0 Å². The number of hydrogen-bond donors (Lipinski definition) is 2. The number of hydrogen-bond acceptors (Lipinski definition) is 4. The summed E-state index contributed by atoms with van der Waals surface area (Å²) in [6.07, 6.45) is 0. The van der Waals surface area contributed by atoms with Gasteiger partial charge in [0.05, 0.1) is 11.2 Å². The highest BCUT2D eigenvalue weighted by Gasteiger charge is 2.10. The quantitative estimate of drug-likeness (QED) is 0.645. The van der Waals surface area contributed by atoms with Crippen LogP contribution in [0.15, 0.2) is 51.4 Å². The summed E-state index contributed by atoms with van der Waals surface area (Å²) >= 11 is 7.11. The first-order valence-electron chi connectivity index (χ1n) is 6.34. The third-order valence-electron chi connectivity index (χ3n) is 3.03. The van der Waals surface area contributed by atoms with Crippen molar-refractivity contribution in [3.8, 4) is 0 Å². The van der Waals surface area contributed by atoms with Crippen molar-refractivity contribution in [2.75, 3.05) is 17.7 Å². The fraction of sp³-hybridized carbons (Fsp3) is 0.0667. The Labute approximate surface area is 139 Å². The molecule has 0 amide bonds. The van der Waals surface area contributed by atoms with E-state index in [1.165, 1.54) is 0 Å². The average molecular weight is 408 g/mol. The molecule has 0 radical (unpaired) electrons. The van der Waals surface area contributed by atoms with E-state index >= 15 is 0 Å². The van der Waals surface area contributed by atoms with E-state index in [-0.39, 0.29) is 0 Å². The van der Waals surface area contributed by atoms with Crippen LogP contribution < -0.4 is 10.6 Å². The molecule has 1 heterocycles. The average Bonchev–Trinajstić information content (AvgIpc) is 2.50. The lowest BCUT2D eigenvalue weighted by Gasteiger charge is -2.13. The van der Waals surface area contributed by atoms with Crippen molar-refractivity contribution in [3.63, 3.8) is 0 Å². The Morgan fingerprint density at radius 2 is 1.62 bits per heavy atom. The van der Waals surface area contributed by atoms with Gasteiger partial charge >= 0.3 is 0 Å². The van der Waals surface area contributed by atoms with Gasteiger partial charge in [-0.15, -0.1) is 0 Å². The van der Waals surface area contributed by atoms with E-state index < -0.39 is 0 Å². The summed E-state index contributed by atoms with van der Waals surface area (Å²) < 4.78 is 1.93.